The Balaban J connectivity index is 2.26. The van der Waals surface area contributed by atoms with Crippen LogP contribution in [0, 0.1) is 10.8 Å². The van der Waals surface area contributed by atoms with Gasteiger partial charge in [0.1, 0.15) is 5.60 Å². The molecule has 3 rings (SSSR count). The van der Waals surface area contributed by atoms with Gasteiger partial charge in [0.15, 0.2) is 32.4 Å². The predicted molar refractivity (Wildman–Crippen MR) is 155 cm³/mol. The topological polar surface area (TPSA) is 108 Å². The fourth-order valence-electron chi connectivity index (χ4n) is 6.65. The summed E-state index contributed by atoms with van der Waals surface area (Å²) >= 11 is 0. The highest BCUT2D eigenvalue weighted by atomic mass is 28.4. The minimum atomic E-state index is -2.35. The van der Waals surface area contributed by atoms with Crippen molar-refractivity contribution in [3.05, 3.63) is 37.0 Å². The normalized spacial score (nSPS) is 37.4. The molecule has 1 aliphatic heterocycles. The number of hydrogen-bond acceptors (Lipinski definition) is 8. The number of carbonyl (C=O) groups excluding carboxylic acids is 3. The molecule has 0 radical (unpaired) electrons. The zero-order chi connectivity index (χ0) is 30.7. The summed E-state index contributed by atoms with van der Waals surface area (Å²) in [5.74, 6) is -2.03. The Hall–Kier alpha value is -2.07. The van der Waals surface area contributed by atoms with Gasteiger partial charge in [-0.15, -0.1) is 6.58 Å². The van der Waals surface area contributed by atoms with Gasteiger partial charge in [0.2, 0.25) is 0 Å². The Bertz CT molecular complexity index is 1130. The first-order chi connectivity index (χ1) is 18.0. The van der Waals surface area contributed by atoms with Crippen LogP contribution in [0.2, 0.25) is 18.1 Å². The highest BCUT2D eigenvalue weighted by molar-refractivity contribution is 6.74. The number of fused-ring (bicyclic) bond motifs is 3. The molecule has 1 saturated heterocycles. The molecule has 0 amide bonds. The van der Waals surface area contributed by atoms with Crippen LogP contribution in [0.3, 0.4) is 0 Å². The Morgan fingerprint density at radius 3 is 2.30 bits per heavy atom. The molecular weight excluding hydrogens is 528 g/mol. The molecule has 0 unspecified atom stereocenters. The molecule has 0 aromatic heterocycles. The van der Waals surface area contributed by atoms with E-state index in [-0.39, 0.29) is 11.5 Å². The smallest absolute Gasteiger partial charge is 0.344 e. The van der Waals surface area contributed by atoms with Crippen LogP contribution < -0.4 is 0 Å². The molecule has 0 spiro atoms. The fourth-order valence-corrected chi connectivity index (χ4v) is 8.07. The van der Waals surface area contributed by atoms with Crippen LogP contribution in [-0.4, -0.2) is 66.8 Å². The quantitative estimate of drug-likeness (QED) is 0.191. The van der Waals surface area contributed by atoms with Crippen molar-refractivity contribution >= 4 is 26.0 Å². The maximum Gasteiger partial charge on any atom is 0.344 e. The molecule has 224 valence electrons. The van der Waals surface area contributed by atoms with Gasteiger partial charge in [-0.1, -0.05) is 59.8 Å². The van der Waals surface area contributed by atoms with Crippen molar-refractivity contribution in [2.45, 2.75) is 122 Å². The lowest BCUT2D eigenvalue weighted by Crippen LogP contribution is -2.81. The number of esters is 2. The first kappa shape index (κ1) is 32.4. The van der Waals surface area contributed by atoms with Gasteiger partial charge in [0.05, 0.1) is 17.1 Å². The highest BCUT2D eigenvalue weighted by Gasteiger charge is 2.77. The van der Waals surface area contributed by atoms with Crippen molar-refractivity contribution in [3.8, 4) is 0 Å². The van der Waals surface area contributed by atoms with Crippen LogP contribution in [0.15, 0.2) is 37.0 Å². The van der Waals surface area contributed by atoms with E-state index in [4.69, 9.17) is 18.6 Å². The van der Waals surface area contributed by atoms with E-state index >= 15 is 0 Å². The van der Waals surface area contributed by atoms with Gasteiger partial charge >= 0.3 is 11.9 Å². The standard InChI is InChI=1S/C31H48O8Si/c1-13-24(33)36-19-25(34)37-23-17-20-27(6,7)16-15-22(38-40(11,12)26(3,4)5)29(20,9)31(35)21(32)18-28(8,14-2)39-30(23,31)10/h13-14,17,22-23,35H,1-2,15-16,18-19H2,3-12H3/t22-,23-,28-,29+,30+,31-/m0/s1. The maximum atomic E-state index is 14.3. The molecule has 40 heavy (non-hydrogen) atoms. The van der Waals surface area contributed by atoms with Crippen molar-refractivity contribution in [1.29, 1.82) is 0 Å². The Kier molecular flexibility index (Phi) is 8.14. The van der Waals surface area contributed by atoms with E-state index in [1.54, 1.807) is 13.8 Å². The van der Waals surface area contributed by atoms with Crippen LogP contribution >= 0.6 is 0 Å². The second kappa shape index (κ2) is 10.0. The molecule has 1 N–H and O–H groups in total. The summed E-state index contributed by atoms with van der Waals surface area (Å²) < 4.78 is 24.4. The fraction of sp³-hybridized carbons (Fsp3) is 0.710. The summed E-state index contributed by atoms with van der Waals surface area (Å²) in [5, 5.41) is 12.8. The van der Waals surface area contributed by atoms with Crippen LogP contribution in [0.4, 0.5) is 0 Å². The molecule has 3 aliphatic rings. The van der Waals surface area contributed by atoms with Crippen molar-refractivity contribution in [3.63, 3.8) is 0 Å². The number of Topliss-reactive ketones (excluding diaryl/α,β-unsaturated/α-hetero) is 1. The lowest BCUT2D eigenvalue weighted by molar-refractivity contribution is -0.304. The Morgan fingerprint density at radius 2 is 1.77 bits per heavy atom. The third-order valence-electron chi connectivity index (χ3n) is 10.1. The summed E-state index contributed by atoms with van der Waals surface area (Å²) in [7, 11) is -2.35. The number of ketones is 1. The molecule has 0 bridgehead atoms. The Labute approximate surface area is 240 Å². The number of hydrogen-bond donors (Lipinski definition) is 1. The van der Waals surface area contributed by atoms with Crippen LogP contribution in [-0.2, 0) is 33.0 Å². The lowest BCUT2D eigenvalue weighted by atomic mass is 9.44. The number of rotatable bonds is 7. The Morgan fingerprint density at radius 1 is 1.18 bits per heavy atom. The first-order valence-corrected chi connectivity index (χ1v) is 16.9. The number of aliphatic hydroxyl groups is 1. The number of ether oxygens (including phenoxy) is 3. The van der Waals surface area contributed by atoms with E-state index in [1.807, 2.05) is 13.0 Å². The second-order valence-corrected chi connectivity index (χ2v) is 19.1. The molecule has 1 heterocycles. The summed E-state index contributed by atoms with van der Waals surface area (Å²) in [6, 6.07) is 0. The van der Waals surface area contributed by atoms with Gasteiger partial charge < -0.3 is 23.7 Å². The average molecular weight is 577 g/mol. The molecule has 9 heteroatoms. The molecule has 1 saturated carbocycles. The van der Waals surface area contributed by atoms with Gasteiger partial charge in [-0.05, 0) is 56.3 Å². The molecular formula is C31H48O8Si. The van der Waals surface area contributed by atoms with Crippen LogP contribution in [0.25, 0.3) is 0 Å². The minimum absolute atomic E-state index is 0.101. The van der Waals surface area contributed by atoms with E-state index in [2.05, 4.69) is 60.9 Å². The minimum Gasteiger partial charge on any atom is -0.452 e. The number of carbonyl (C=O) groups is 3. The largest absolute Gasteiger partial charge is 0.452 e. The van der Waals surface area contributed by atoms with Gasteiger partial charge in [-0.3, -0.25) is 4.79 Å². The summed E-state index contributed by atoms with van der Waals surface area (Å²) in [6.45, 7) is 26.7. The zero-order valence-corrected chi connectivity index (χ0v) is 26.9. The first-order valence-electron chi connectivity index (χ1n) is 14.0. The second-order valence-electron chi connectivity index (χ2n) is 14.3. The molecule has 0 aromatic carbocycles. The van der Waals surface area contributed by atoms with E-state index in [1.165, 1.54) is 6.08 Å². The van der Waals surface area contributed by atoms with Gasteiger partial charge in [-0.2, -0.15) is 0 Å². The van der Waals surface area contributed by atoms with Crippen molar-refractivity contribution in [2.75, 3.05) is 6.61 Å². The molecule has 2 fully saturated rings. The van der Waals surface area contributed by atoms with Crippen molar-refractivity contribution in [2.24, 2.45) is 10.8 Å². The van der Waals surface area contributed by atoms with E-state index < -0.39 is 72.5 Å². The lowest BCUT2D eigenvalue weighted by Gasteiger charge is -2.68. The van der Waals surface area contributed by atoms with Gasteiger partial charge in [0, 0.05) is 12.5 Å². The van der Waals surface area contributed by atoms with Crippen LogP contribution in [0.5, 0.6) is 0 Å². The predicted octanol–water partition coefficient (Wildman–Crippen LogP) is 5.21. The molecule has 8 nitrogen and oxygen atoms in total. The third-order valence-corrected chi connectivity index (χ3v) is 14.6. The maximum absolute atomic E-state index is 14.3. The SMILES string of the molecule is C=CC(=O)OCC(=O)O[C@H]1C=C2C(C)(C)CC[C@H](O[Si](C)(C)C(C)(C)C)[C@]2(C)[C@@]2(O)C(=O)C[C@](C)(C=C)O[C@]12C. The third kappa shape index (κ3) is 4.86. The molecule has 2 aliphatic carbocycles. The van der Waals surface area contributed by atoms with E-state index in [0.29, 0.717) is 6.42 Å². The highest BCUT2D eigenvalue weighted by Crippen LogP contribution is 2.66. The van der Waals surface area contributed by atoms with Gasteiger partial charge in [-0.25, -0.2) is 9.59 Å². The molecule has 0 aromatic rings. The van der Waals surface area contributed by atoms with Crippen LogP contribution in [0.1, 0.15) is 74.7 Å². The zero-order valence-electron chi connectivity index (χ0n) is 25.9. The van der Waals surface area contributed by atoms with Gasteiger partial charge in [0.25, 0.3) is 0 Å². The summed E-state index contributed by atoms with van der Waals surface area (Å²) in [4.78, 5) is 38.8. The van der Waals surface area contributed by atoms with E-state index in [9.17, 15) is 19.5 Å². The van der Waals surface area contributed by atoms with Crippen molar-refractivity contribution < 1.29 is 38.1 Å². The molecule has 6 atom stereocenters. The van der Waals surface area contributed by atoms with E-state index in [0.717, 1.165) is 18.1 Å². The monoisotopic (exact) mass is 576 g/mol. The summed E-state index contributed by atoms with van der Waals surface area (Å²) in [6.07, 6.45) is 3.95. The van der Waals surface area contributed by atoms with Crippen molar-refractivity contribution in [1.82, 2.24) is 0 Å². The summed E-state index contributed by atoms with van der Waals surface area (Å²) in [5.41, 5.74) is -5.77. The average Bonchev–Trinajstić information content (AvgIpc) is 2.83.